The van der Waals surface area contributed by atoms with Crippen molar-refractivity contribution in [3.8, 4) is 11.7 Å². The van der Waals surface area contributed by atoms with Crippen LogP contribution in [0.2, 0.25) is 5.02 Å². The highest BCUT2D eigenvalue weighted by atomic mass is 35.5. The van der Waals surface area contributed by atoms with E-state index < -0.39 is 6.61 Å². The monoisotopic (exact) mass is 262 g/mol. The summed E-state index contributed by atoms with van der Waals surface area (Å²) in [6.45, 7) is -1.15. The molecule has 0 aliphatic heterocycles. The van der Waals surface area contributed by atoms with E-state index >= 15 is 0 Å². The zero-order chi connectivity index (χ0) is 12.6. The van der Waals surface area contributed by atoms with Crippen LogP contribution >= 0.6 is 11.6 Å². The Balaban J connectivity index is 2.48. The topological polar surface area (TPSA) is 44.9 Å². The minimum atomic E-state index is -2.95. The zero-order valence-corrected chi connectivity index (χ0v) is 9.82. The van der Waals surface area contributed by atoms with E-state index in [4.69, 9.17) is 11.6 Å². The molecule has 0 bridgehead atoms. The van der Waals surface area contributed by atoms with E-state index in [2.05, 4.69) is 14.9 Å². The SMILES string of the molecule is Cc1ccnn1-c1nn(C)c(OC(F)F)c1Cl. The van der Waals surface area contributed by atoms with Crippen molar-refractivity contribution in [1.82, 2.24) is 19.6 Å². The van der Waals surface area contributed by atoms with Crippen LogP contribution in [0.4, 0.5) is 8.78 Å². The molecular weight excluding hydrogens is 254 g/mol. The van der Waals surface area contributed by atoms with Gasteiger partial charge in [0, 0.05) is 18.9 Å². The Hall–Kier alpha value is -1.63. The number of aromatic nitrogens is 4. The lowest BCUT2D eigenvalue weighted by atomic mass is 10.5. The van der Waals surface area contributed by atoms with E-state index in [-0.39, 0.29) is 16.7 Å². The molecule has 8 heteroatoms. The van der Waals surface area contributed by atoms with E-state index in [0.29, 0.717) is 0 Å². The largest absolute Gasteiger partial charge is 0.415 e. The lowest BCUT2D eigenvalue weighted by Gasteiger charge is -2.03. The Bertz CT molecular complexity index is 537. The van der Waals surface area contributed by atoms with Crippen molar-refractivity contribution in [3.63, 3.8) is 0 Å². The molecule has 0 saturated heterocycles. The van der Waals surface area contributed by atoms with Gasteiger partial charge in [-0.3, -0.25) is 0 Å². The second-order valence-corrected chi connectivity index (χ2v) is 3.71. The molecule has 2 aromatic rings. The van der Waals surface area contributed by atoms with Crippen LogP contribution in [0.3, 0.4) is 0 Å². The van der Waals surface area contributed by atoms with Crippen LogP contribution in [0.5, 0.6) is 5.88 Å². The van der Waals surface area contributed by atoms with Crippen molar-refractivity contribution in [3.05, 3.63) is 23.0 Å². The minimum Gasteiger partial charge on any atom is -0.415 e. The van der Waals surface area contributed by atoms with Crippen molar-refractivity contribution in [2.75, 3.05) is 0 Å². The fraction of sp³-hybridized carbons (Fsp3) is 0.333. The van der Waals surface area contributed by atoms with Crippen molar-refractivity contribution in [2.24, 2.45) is 7.05 Å². The number of nitrogens with zero attached hydrogens (tertiary/aromatic N) is 4. The molecular formula is C9H9ClF2N4O. The molecule has 2 heterocycles. The van der Waals surface area contributed by atoms with Crippen LogP contribution in [0.15, 0.2) is 12.3 Å². The van der Waals surface area contributed by atoms with Gasteiger partial charge in [-0.15, -0.1) is 5.10 Å². The highest BCUT2D eigenvalue weighted by Crippen LogP contribution is 2.31. The maximum atomic E-state index is 12.2. The van der Waals surface area contributed by atoms with Gasteiger partial charge in [-0.1, -0.05) is 11.6 Å². The van der Waals surface area contributed by atoms with Gasteiger partial charge in [-0.2, -0.15) is 13.9 Å². The quantitative estimate of drug-likeness (QED) is 0.852. The average Bonchev–Trinajstić information content (AvgIpc) is 2.76. The normalized spacial score (nSPS) is 11.2. The van der Waals surface area contributed by atoms with E-state index in [0.717, 1.165) is 10.4 Å². The summed E-state index contributed by atoms with van der Waals surface area (Å²) in [5.74, 6) is 0.0684. The second-order valence-electron chi connectivity index (χ2n) is 3.33. The minimum absolute atomic E-state index is 0.000370. The first-order valence-electron chi connectivity index (χ1n) is 4.69. The van der Waals surface area contributed by atoms with Crippen LogP contribution in [-0.2, 0) is 7.05 Å². The molecule has 0 atom stereocenters. The molecule has 0 aliphatic carbocycles. The number of rotatable bonds is 3. The number of alkyl halides is 2. The van der Waals surface area contributed by atoms with Gasteiger partial charge in [0.15, 0.2) is 5.82 Å². The van der Waals surface area contributed by atoms with Gasteiger partial charge in [0.2, 0.25) is 5.88 Å². The first-order valence-corrected chi connectivity index (χ1v) is 5.07. The Morgan fingerprint density at radius 3 is 2.71 bits per heavy atom. The molecule has 0 saturated carbocycles. The Kier molecular flexibility index (Phi) is 3.01. The molecule has 2 rings (SSSR count). The Morgan fingerprint density at radius 2 is 2.18 bits per heavy atom. The van der Waals surface area contributed by atoms with Crippen LogP contribution in [-0.4, -0.2) is 26.2 Å². The third kappa shape index (κ3) is 2.10. The third-order valence-corrected chi connectivity index (χ3v) is 2.49. The van der Waals surface area contributed by atoms with Gasteiger partial charge in [0.1, 0.15) is 5.02 Å². The summed E-state index contributed by atoms with van der Waals surface area (Å²) in [7, 11) is 1.46. The van der Waals surface area contributed by atoms with E-state index in [1.807, 2.05) is 0 Å². The van der Waals surface area contributed by atoms with Crippen molar-refractivity contribution in [1.29, 1.82) is 0 Å². The fourth-order valence-corrected chi connectivity index (χ4v) is 1.69. The summed E-state index contributed by atoms with van der Waals surface area (Å²) >= 11 is 5.93. The molecule has 0 unspecified atom stereocenters. The van der Waals surface area contributed by atoms with Crippen LogP contribution in [0, 0.1) is 6.92 Å². The maximum absolute atomic E-state index is 12.2. The van der Waals surface area contributed by atoms with E-state index in [1.54, 1.807) is 19.2 Å². The fourth-order valence-electron chi connectivity index (χ4n) is 1.41. The molecule has 0 radical (unpaired) electrons. The molecule has 0 amide bonds. The molecule has 0 fully saturated rings. The molecule has 92 valence electrons. The van der Waals surface area contributed by atoms with Gasteiger partial charge in [0.05, 0.1) is 0 Å². The van der Waals surface area contributed by atoms with E-state index in [1.165, 1.54) is 11.7 Å². The summed E-state index contributed by atoms with van der Waals surface area (Å²) in [5, 5.41) is 7.99. The highest BCUT2D eigenvalue weighted by Gasteiger charge is 2.21. The molecule has 0 aromatic carbocycles. The molecule has 5 nitrogen and oxygen atoms in total. The zero-order valence-electron chi connectivity index (χ0n) is 9.06. The van der Waals surface area contributed by atoms with Gasteiger partial charge >= 0.3 is 6.61 Å². The standard InChI is InChI=1S/C9H9ClF2N4O/c1-5-3-4-13-16(5)7-6(10)8(15(2)14-7)17-9(11)12/h3-4,9H,1-2H3. The predicted molar refractivity (Wildman–Crippen MR) is 56.7 cm³/mol. The first-order chi connectivity index (χ1) is 8.00. The molecule has 2 aromatic heterocycles. The number of aryl methyl sites for hydroxylation is 2. The summed E-state index contributed by atoms with van der Waals surface area (Å²) in [6.07, 6.45) is 1.56. The molecule has 17 heavy (non-hydrogen) atoms. The average molecular weight is 263 g/mol. The number of hydrogen-bond donors (Lipinski definition) is 0. The second kappa shape index (κ2) is 4.33. The molecule has 0 N–H and O–H groups in total. The molecule has 0 aliphatic rings. The smallest absolute Gasteiger partial charge is 0.388 e. The van der Waals surface area contributed by atoms with Crippen LogP contribution < -0.4 is 4.74 Å². The van der Waals surface area contributed by atoms with Crippen molar-refractivity contribution < 1.29 is 13.5 Å². The predicted octanol–water partition coefficient (Wildman–Crippen LogP) is 2.17. The first kappa shape index (κ1) is 11.8. The van der Waals surface area contributed by atoms with E-state index in [9.17, 15) is 8.78 Å². The number of ether oxygens (including phenoxy) is 1. The Morgan fingerprint density at radius 1 is 1.47 bits per heavy atom. The van der Waals surface area contributed by atoms with Crippen LogP contribution in [0.25, 0.3) is 5.82 Å². The van der Waals surface area contributed by atoms with Crippen molar-refractivity contribution >= 4 is 11.6 Å². The number of halogens is 3. The summed E-state index contributed by atoms with van der Waals surface area (Å²) in [6, 6.07) is 1.75. The summed E-state index contributed by atoms with van der Waals surface area (Å²) in [5.41, 5.74) is 0.786. The summed E-state index contributed by atoms with van der Waals surface area (Å²) < 4.78 is 31.2. The summed E-state index contributed by atoms with van der Waals surface area (Å²) in [4.78, 5) is 0. The highest BCUT2D eigenvalue weighted by molar-refractivity contribution is 6.33. The lowest BCUT2D eigenvalue weighted by Crippen LogP contribution is -2.06. The van der Waals surface area contributed by atoms with Crippen LogP contribution in [0.1, 0.15) is 5.69 Å². The lowest BCUT2D eigenvalue weighted by molar-refractivity contribution is -0.0552. The van der Waals surface area contributed by atoms with Gasteiger partial charge in [-0.05, 0) is 13.0 Å². The van der Waals surface area contributed by atoms with Gasteiger partial charge in [0.25, 0.3) is 0 Å². The third-order valence-electron chi connectivity index (χ3n) is 2.16. The van der Waals surface area contributed by atoms with Gasteiger partial charge in [-0.25, -0.2) is 9.36 Å². The van der Waals surface area contributed by atoms with Crippen molar-refractivity contribution in [2.45, 2.75) is 13.5 Å². The molecule has 0 spiro atoms. The number of hydrogen-bond acceptors (Lipinski definition) is 3. The maximum Gasteiger partial charge on any atom is 0.388 e. The Labute approximate surface area is 101 Å². The van der Waals surface area contributed by atoms with Gasteiger partial charge < -0.3 is 4.74 Å².